The third-order valence-corrected chi connectivity index (χ3v) is 5.78. The predicted octanol–water partition coefficient (Wildman–Crippen LogP) is 5.89. The van der Waals surface area contributed by atoms with Gasteiger partial charge in [0, 0.05) is 0 Å². The maximum Gasteiger partial charge on any atom is 0.270 e. The van der Waals surface area contributed by atoms with E-state index < -0.39 is 0 Å². The first-order valence-corrected chi connectivity index (χ1v) is 10.2. The molecule has 3 nitrogen and oxygen atoms in total. The number of anilines is 1. The van der Waals surface area contributed by atoms with Crippen LogP contribution in [0.5, 0.6) is 5.75 Å². The Morgan fingerprint density at radius 2 is 1.89 bits per heavy atom. The number of thiocarbonyl (C=S) groups is 1. The fourth-order valence-corrected chi connectivity index (χ4v) is 4.13. The first-order chi connectivity index (χ1) is 12.9. The standard InChI is InChI=1S/C22H23NO2S2/c1-5-16(4)25-18-9-7-17(8-10-18)13-20-21(24)23(22(26)27-20)19-11-6-14(2)12-15(19)3/h6-13,16H,5H2,1-4H3/b20-13+/t16-/m1/s1. The van der Waals surface area contributed by atoms with Crippen LogP contribution in [0.25, 0.3) is 6.08 Å². The van der Waals surface area contributed by atoms with E-state index >= 15 is 0 Å². The van der Waals surface area contributed by atoms with E-state index in [1.807, 2.05) is 63.2 Å². The first-order valence-electron chi connectivity index (χ1n) is 9.01. The van der Waals surface area contributed by atoms with Crippen molar-refractivity contribution >= 4 is 46.0 Å². The Morgan fingerprint density at radius 1 is 1.19 bits per heavy atom. The van der Waals surface area contributed by atoms with Gasteiger partial charge in [0.1, 0.15) is 5.75 Å². The molecule has 0 saturated carbocycles. The Hall–Kier alpha value is -2.11. The molecule has 1 aliphatic heterocycles. The number of nitrogens with zero attached hydrogens (tertiary/aromatic N) is 1. The van der Waals surface area contributed by atoms with Gasteiger partial charge in [-0.15, -0.1) is 0 Å². The third-order valence-electron chi connectivity index (χ3n) is 4.48. The molecule has 1 saturated heterocycles. The van der Waals surface area contributed by atoms with Gasteiger partial charge in [0.15, 0.2) is 4.32 Å². The van der Waals surface area contributed by atoms with Crippen LogP contribution in [0.4, 0.5) is 5.69 Å². The van der Waals surface area contributed by atoms with Crippen LogP contribution in [-0.2, 0) is 4.79 Å². The van der Waals surface area contributed by atoms with Gasteiger partial charge >= 0.3 is 0 Å². The fourth-order valence-electron chi connectivity index (χ4n) is 2.84. The molecule has 2 aromatic rings. The zero-order chi connectivity index (χ0) is 19.6. The molecule has 0 unspecified atom stereocenters. The van der Waals surface area contributed by atoms with Crippen LogP contribution < -0.4 is 9.64 Å². The lowest BCUT2D eigenvalue weighted by molar-refractivity contribution is -0.113. The largest absolute Gasteiger partial charge is 0.491 e. The minimum Gasteiger partial charge on any atom is -0.491 e. The van der Waals surface area contributed by atoms with Gasteiger partial charge in [0.25, 0.3) is 5.91 Å². The summed E-state index contributed by atoms with van der Waals surface area (Å²) in [5.41, 5.74) is 4.01. The molecule has 1 fully saturated rings. The van der Waals surface area contributed by atoms with Gasteiger partial charge in [0.2, 0.25) is 0 Å². The lowest BCUT2D eigenvalue weighted by atomic mass is 10.1. The summed E-state index contributed by atoms with van der Waals surface area (Å²) in [6, 6.07) is 13.8. The molecule has 0 aromatic heterocycles. The van der Waals surface area contributed by atoms with Crippen LogP contribution in [-0.4, -0.2) is 16.3 Å². The van der Waals surface area contributed by atoms with Crippen LogP contribution in [0.1, 0.15) is 37.0 Å². The van der Waals surface area contributed by atoms with E-state index in [1.165, 1.54) is 11.8 Å². The number of amides is 1. The van der Waals surface area contributed by atoms with E-state index in [0.29, 0.717) is 9.23 Å². The monoisotopic (exact) mass is 397 g/mol. The lowest BCUT2D eigenvalue weighted by Crippen LogP contribution is -2.28. The Labute approximate surface area is 170 Å². The molecule has 0 aliphatic carbocycles. The minimum atomic E-state index is -0.0723. The smallest absolute Gasteiger partial charge is 0.270 e. The molecule has 1 atom stereocenters. The van der Waals surface area contributed by atoms with E-state index in [4.69, 9.17) is 17.0 Å². The predicted molar refractivity (Wildman–Crippen MR) is 118 cm³/mol. The number of thioether (sulfide) groups is 1. The highest BCUT2D eigenvalue weighted by Crippen LogP contribution is 2.37. The van der Waals surface area contributed by atoms with Gasteiger partial charge in [-0.25, -0.2) is 0 Å². The van der Waals surface area contributed by atoms with Crippen LogP contribution in [0.2, 0.25) is 0 Å². The van der Waals surface area contributed by atoms with Crippen LogP contribution in [0.15, 0.2) is 47.4 Å². The molecule has 0 N–H and O–H groups in total. The maximum absolute atomic E-state index is 12.9. The van der Waals surface area contributed by atoms with Crippen molar-refractivity contribution in [2.24, 2.45) is 0 Å². The van der Waals surface area contributed by atoms with Gasteiger partial charge in [-0.05, 0) is 62.6 Å². The molecule has 140 valence electrons. The molecular formula is C22H23NO2S2. The van der Waals surface area contributed by atoms with Gasteiger partial charge in [0.05, 0.1) is 16.7 Å². The highest BCUT2D eigenvalue weighted by Gasteiger charge is 2.34. The highest BCUT2D eigenvalue weighted by atomic mass is 32.2. The van der Waals surface area contributed by atoms with Crippen LogP contribution in [0, 0.1) is 13.8 Å². The Morgan fingerprint density at radius 3 is 2.52 bits per heavy atom. The second-order valence-electron chi connectivity index (χ2n) is 6.71. The van der Waals surface area contributed by atoms with E-state index in [2.05, 4.69) is 13.0 Å². The number of carbonyl (C=O) groups excluding carboxylic acids is 1. The highest BCUT2D eigenvalue weighted by molar-refractivity contribution is 8.27. The second kappa shape index (κ2) is 8.28. The summed E-state index contributed by atoms with van der Waals surface area (Å²) in [7, 11) is 0. The number of rotatable bonds is 5. The average Bonchev–Trinajstić information content (AvgIpc) is 2.90. The van der Waals surface area contributed by atoms with Crippen molar-refractivity contribution in [1.82, 2.24) is 0 Å². The normalized spacial score (nSPS) is 16.9. The lowest BCUT2D eigenvalue weighted by Gasteiger charge is -2.17. The number of ether oxygens (including phenoxy) is 1. The van der Waals surface area contributed by atoms with E-state index in [-0.39, 0.29) is 12.0 Å². The Bertz CT molecular complexity index is 903. The first kappa shape index (κ1) is 19.6. The van der Waals surface area contributed by atoms with Crippen molar-refractivity contribution in [3.05, 3.63) is 64.1 Å². The van der Waals surface area contributed by atoms with Crippen LogP contribution >= 0.6 is 24.0 Å². The summed E-state index contributed by atoms with van der Waals surface area (Å²) in [5, 5.41) is 0. The van der Waals surface area contributed by atoms with Crippen molar-refractivity contribution in [1.29, 1.82) is 0 Å². The Kier molecular flexibility index (Phi) is 6.02. The maximum atomic E-state index is 12.9. The molecule has 3 rings (SSSR count). The fraction of sp³-hybridized carbons (Fsp3) is 0.273. The summed E-state index contributed by atoms with van der Waals surface area (Å²) in [5.74, 6) is 0.765. The molecule has 0 radical (unpaired) electrons. The van der Waals surface area contributed by atoms with Gasteiger partial charge in [-0.3, -0.25) is 9.69 Å². The summed E-state index contributed by atoms with van der Waals surface area (Å²) in [6.45, 7) is 8.18. The van der Waals surface area contributed by atoms with Gasteiger partial charge < -0.3 is 4.74 Å². The van der Waals surface area contributed by atoms with Gasteiger partial charge in [-0.2, -0.15) is 0 Å². The van der Waals surface area contributed by atoms with Crippen molar-refractivity contribution < 1.29 is 9.53 Å². The van der Waals surface area contributed by atoms with Crippen molar-refractivity contribution in [2.75, 3.05) is 4.90 Å². The summed E-state index contributed by atoms with van der Waals surface area (Å²) < 4.78 is 6.37. The van der Waals surface area contributed by atoms with Crippen molar-refractivity contribution in [3.8, 4) is 5.75 Å². The zero-order valence-corrected chi connectivity index (χ0v) is 17.6. The van der Waals surface area contributed by atoms with E-state index in [9.17, 15) is 4.79 Å². The van der Waals surface area contributed by atoms with Crippen LogP contribution in [0.3, 0.4) is 0 Å². The third kappa shape index (κ3) is 4.42. The molecule has 1 heterocycles. The molecule has 0 bridgehead atoms. The SMILES string of the molecule is CC[C@@H](C)Oc1ccc(/C=C2/SC(=S)N(c3ccc(C)cc3C)C2=O)cc1. The molecule has 27 heavy (non-hydrogen) atoms. The molecule has 1 aliphatic rings. The number of hydrogen-bond donors (Lipinski definition) is 0. The number of carbonyl (C=O) groups is 1. The van der Waals surface area contributed by atoms with Gasteiger partial charge in [-0.1, -0.05) is 60.7 Å². The Balaban J connectivity index is 1.82. The van der Waals surface area contributed by atoms with Crippen molar-refractivity contribution in [2.45, 2.75) is 40.2 Å². The molecule has 1 amide bonds. The molecule has 5 heteroatoms. The average molecular weight is 398 g/mol. The van der Waals surface area contributed by atoms with E-state index in [0.717, 1.165) is 34.5 Å². The van der Waals surface area contributed by atoms with Crippen molar-refractivity contribution in [3.63, 3.8) is 0 Å². The summed E-state index contributed by atoms with van der Waals surface area (Å²) in [6.07, 6.45) is 3.03. The molecule has 2 aromatic carbocycles. The molecule has 0 spiro atoms. The molecular weight excluding hydrogens is 374 g/mol. The number of benzene rings is 2. The summed E-state index contributed by atoms with van der Waals surface area (Å²) >= 11 is 6.81. The quantitative estimate of drug-likeness (QED) is 0.465. The summed E-state index contributed by atoms with van der Waals surface area (Å²) in [4.78, 5) is 15.2. The number of aryl methyl sites for hydroxylation is 2. The minimum absolute atomic E-state index is 0.0723. The zero-order valence-electron chi connectivity index (χ0n) is 16.0. The number of hydrogen-bond acceptors (Lipinski definition) is 4. The topological polar surface area (TPSA) is 29.5 Å². The second-order valence-corrected chi connectivity index (χ2v) is 8.39. The van der Waals surface area contributed by atoms with E-state index in [1.54, 1.807) is 4.90 Å².